The molecule has 1 aromatic rings. The van der Waals surface area contributed by atoms with E-state index in [1.807, 2.05) is 13.8 Å². The minimum absolute atomic E-state index is 0.203. The molecule has 0 spiro atoms. The first-order valence-corrected chi connectivity index (χ1v) is 10.1. The Kier molecular flexibility index (Phi) is 7.35. The predicted octanol–water partition coefficient (Wildman–Crippen LogP) is 3.55. The SMILES string of the molecule is CCCCn1c(SC(C)C(=O)NC(=O)NC2CCCC2)nc(C)c1C. The van der Waals surface area contributed by atoms with Gasteiger partial charge in [-0.25, -0.2) is 9.78 Å². The molecule has 0 saturated heterocycles. The number of carbonyl (C=O) groups excluding carboxylic acids is 2. The first kappa shape index (κ1) is 19.8. The van der Waals surface area contributed by atoms with Gasteiger partial charge >= 0.3 is 6.03 Å². The first-order valence-electron chi connectivity index (χ1n) is 9.24. The Bertz CT molecular complexity index is 608. The highest BCUT2D eigenvalue weighted by Crippen LogP contribution is 2.26. The second kappa shape index (κ2) is 9.27. The van der Waals surface area contributed by atoms with Crippen LogP contribution < -0.4 is 10.6 Å². The second-order valence-electron chi connectivity index (χ2n) is 6.77. The number of aromatic nitrogens is 2. The zero-order valence-corrected chi connectivity index (χ0v) is 16.5. The van der Waals surface area contributed by atoms with E-state index in [9.17, 15) is 9.59 Å². The van der Waals surface area contributed by atoms with Crippen LogP contribution in [0.4, 0.5) is 4.79 Å². The summed E-state index contributed by atoms with van der Waals surface area (Å²) < 4.78 is 2.17. The molecule has 0 aliphatic heterocycles. The molecule has 2 N–H and O–H groups in total. The number of nitrogens with one attached hydrogen (secondary N) is 2. The smallest absolute Gasteiger partial charge is 0.321 e. The van der Waals surface area contributed by atoms with Crippen molar-refractivity contribution in [3.8, 4) is 0 Å². The minimum atomic E-state index is -0.383. The summed E-state index contributed by atoms with van der Waals surface area (Å²) in [5, 5.41) is 5.81. The van der Waals surface area contributed by atoms with E-state index in [1.165, 1.54) is 11.8 Å². The number of imide groups is 1. The van der Waals surface area contributed by atoms with E-state index < -0.39 is 0 Å². The molecule has 1 atom stereocenters. The van der Waals surface area contributed by atoms with E-state index in [0.29, 0.717) is 0 Å². The molecule has 140 valence electrons. The number of unbranched alkanes of at least 4 members (excludes halogenated alkanes) is 1. The number of hydrogen-bond acceptors (Lipinski definition) is 4. The number of urea groups is 1. The van der Waals surface area contributed by atoms with E-state index in [-0.39, 0.29) is 23.2 Å². The molecular weight excluding hydrogens is 336 g/mol. The lowest BCUT2D eigenvalue weighted by Crippen LogP contribution is -2.45. The lowest BCUT2D eigenvalue weighted by molar-refractivity contribution is -0.119. The van der Waals surface area contributed by atoms with E-state index in [1.54, 1.807) is 0 Å². The van der Waals surface area contributed by atoms with Crippen molar-refractivity contribution in [3.05, 3.63) is 11.4 Å². The fourth-order valence-corrected chi connectivity index (χ4v) is 4.04. The van der Waals surface area contributed by atoms with Crippen LogP contribution in [0.5, 0.6) is 0 Å². The van der Waals surface area contributed by atoms with Crippen molar-refractivity contribution < 1.29 is 9.59 Å². The molecule has 0 aromatic carbocycles. The number of rotatable bonds is 7. The standard InChI is InChI=1S/C18H30N4O2S/c1-5-6-11-22-13(3)12(2)19-18(22)25-14(4)16(23)21-17(24)20-15-9-7-8-10-15/h14-15H,5-11H2,1-4H3,(H2,20,21,23,24). The molecule has 1 fully saturated rings. The third-order valence-corrected chi connectivity index (χ3v) is 5.83. The maximum absolute atomic E-state index is 12.3. The van der Waals surface area contributed by atoms with Gasteiger partial charge in [-0.3, -0.25) is 10.1 Å². The topological polar surface area (TPSA) is 76.0 Å². The highest BCUT2D eigenvalue weighted by atomic mass is 32.2. The van der Waals surface area contributed by atoms with Gasteiger partial charge in [0.15, 0.2) is 5.16 Å². The number of amides is 3. The Morgan fingerprint density at radius 2 is 2.00 bits per heavy atom. The summed E-state index contributed by atoms with van der Waals surface area (Å²) in [6.07, 6.45) is 6.47. The molecule has 0 bridgehead atoms. The number of nitrogens with zero attached hydrogens (tertiary/aromatic N) is 2. The molecule has 2 rings (SSSR count). The fraction of sp³-hybridized carbons (Fsp3) is 0.722. The quantitative estimate of drug-likeness (QED) is 0.724. The summed E-state index contributed by atoms with van der Waals surface area (Å²) in [5.74, 6) is -0.277. The first-order chi connectivity index (χ1) is 11.9. The summed E-state index contributed by atoms with van der Waals surface area (Å²) in [5.41, 5.74) is 2.13. The van der Waals surface area contributed by atoms with E-state index in [2.05, 4.69) is 34.0 Å². The zero-order valence-electron chi connectivity index (χ0n) is 15.7. The van der Waals surface area contributed by atoms with Crippen LogP contribution in [0.15, 0.2) is 5.16 Å². The van der Waals surface area contributed by atoms with Gasteiger partial charge in [0.1, 0.15) is 0 Å². The van der Waals surface area contributed by atoms with Gasteiger partial charge in [-0.1, -0.05) is 37.9 Å². The van der Waals surface area contributed by atoms with Gasteiger partial charge in [-0.05, 0) is 40.0 Å². The van der Waals surface area contributed by atoms with Crippen LogP contribution in [-0.4, -0.2) is 32.8 Å². The van der Waals surface area contributed by atoms with Gasteiger partial charge in [-0.15, -0.1) is 0 Å². The van der Waals surface area contributed by atoms with Crippen LogP contribution in [0, 0.1) is 13.8 Å². The molecule has 1 aliphatic carbocycles. The molecular formula is C18H30N4O2S. The maximum atomic E-state index is 12.3. The molecule has 0 radical (unpaired) electrons. The van der Waals surface area contributed by atoms with Crippen molar-refractivity contribution in [2.45, 2.75) is 89.2 Å². The van der Waals surface area contributed by atoms with Crippen molar-refractivity contribution in [1.82, 2.24) is 20.2 Å². The Labute approximate surface area is 154 Å². The lowest BCUT2D eigenvalue weighted by Gasteiger charge is -2.15. The normalized spacial score (nSPS) is 16.0. The predicted molar refractivity (Wildman–Crippen MR) is 101 cm³/mol. The van der Waals surface area contributed by atoms with Crippen LogP contribution in [-0.2, 0) is 11.3 Å². The van der Waals surface area contributed by atoms with Gasteiger partial charge in [-0.2, -0.15) is 0 Å². The highest BCUT2D eigenvalue weighted by Gasteiger charge is 2.23. The average molecular weight is 367 g/mol. The van der Waals surface area contributed by atoms with Crippen molar-refractivity contribution >= 4 is 23.7 Å². The van der Waals surface area contributed by atoms with E-state index in [0.717, 1.165) is 61.6 Å². The van der Waals surface area contributed by atoms with E-state index in [4.69, 9.17) is 0 Å². The average Bonchev–Trinajstić information content (AvgIpc) is 3.15. The molecule has 1 aliphatic rings. The third kappa shape index (κ3) is 5.49. The summed E-state index contributed by atoms with van der Waals surface area (Å²) in [4.78, 5) is 28.9. The van der Waals surface area contributed by atoms with Gasteiger partial charge in [0.25, 0.3) is 0 Å². The van der Waals surface area contributed by atoms with Crippen LogP contribution in [0.2, 0.25) is 0 Å². The number of carbonyl (C=O) groups is 2. The number of hydrogen-bond donors (Lipinski definition) is 2. The van der Waals surface area contributed by atoms with Gasteiger partial charge < -0.3 is 9.88 Å². The van der Waals surface area contributed by atoms with Gasteiger partial charge in [0.2, 0.25) is 5.91 Å². The Balaban J connectivity index is 1.91. The van der Waals surface area contributed by atoms with Crippen LogP contribution in [0.25, 0.3) is 0 Å². The minimum Gasteiger partial charge on any atom is -0.335 e. The number of aryl methyl sites for hydroxylation is 1. The fourth-order valence-electron chi connectivity index (χ4n) is 3.01. The van der Waals surface area contributed by atoms with Crippen molar-refractivity contribution in [3.63, 3.8) is 0 Å². The second-order valence-corrected chi connectivity index (χ2v) is 8.08. The Hall–Kier alpha value is -1.50. The van der Waals surface area contributed by atoms with Gasteiger partial charge in [0.05, 0.1) is 10.9 Å². The molecule has 1 unspecified atom stereocenters. The van der Waals surface area contributed by atoms with E-state index >= 15 is 0 Å². The zero-order chi connectivity index (χ0) is 18.4. The van der Waals surface area contributed by atoms with Crippen LogP contribution in [0.1, 0.15) is 63.8 Å². The Morgan fingerprint density at radius 1 is 1.32 bits per heavy atom. The molecule has 1 aromatic heterocycles. The molecule has 1 heterocycles. The summed E-state index contributed by atoms with van der Waals surface area (Å²) in [7, 11) is 0. The van der Waals surface area contributed by atoms with Crippen molar-refractivity contribution in [1.29, 1.82) is 0 Å². The lowest BCUT2D eigenvalue weighted by atomic mass is 10.2. The molecule has 6 nitrogen and oxygen atoms in total. The largest absolute Gasteiger partial charge is 0.335 e. The molecule has 1 saturated carbocycles. The Morgan fingerprint density at radius 3 is 2.64 bits per heavy atom. The highest BCUT2D eigenvalue weighted by molar-refractivity contribution is 8.00. The summed E-state index contributed by atoms with van der Waals surface area (Å²) >= 11 is 1.41. The van der Waals surface area contributed by atoms with Crippen LogP contribution >= 0.6 is 11.8 Å². The van der Waals surface area contributed by atoms with Gasteiger partial charge in [0, 0.05) is 18.3 Å². The number of imidazole rings is 1. The van der Waals surface area contributed by atoms with Crippen molar-refractivity contribution in [2.24, 2.45) is 0 Å². The maximum Gasteiger partial charge on any atom is 0.321 e. The molecule has 7 heteroatoms. The van der Waals surface area contributed by atoms with Crippen molar-refractivity contribution in [2.75, 3.05) is 0 Å². The third-order valence-electron chi connectivity index (χ3n) is 4.74. The molecule has 25 heavy (non-hydrogen) atoms. The molecule has 3 amide bonds. The monoisotopic (exact) mass is 366 g/mol. The number of thioether (sulfide) groups is 1. The summed E-state index contributed by atoms with van der Waals surface area (Å²) in [6, 6.07) is -0.181. The van der Waals surface area contributed by atoms with Crippen LogP contribution in [0.3, 0.4) is 0 Å². The summed E-state index contributed by atoms with van der Waals surface area (Å²) in [6.45, 7) is 8.92.